The molecule has 25 heavy (non-hydrogen) atoms. The highest BCUT2D eigenvalue weighted by Gasteiger charge is 2.36. The lowest BCUT2D eigenvalue weighted by Gasteiger charge is -2.08. The van der Waals surface area contributed by atoms with Crippen LogP contribution in [0, 0.1) is 0 Å². The Kier molecular flexibility index (Phi) is 4.89. The number of imide groups is 1. The van der Waals surface area contributed by atoms with Crippen molar-refractivity contribution in [1.82, 2.24) is 4.90 Å². The lowest BCUT2D eigenvalue weighted by atomic mass is 10.2. The van der Waals surface area contributed by atoms with E-state index < -0.39 is 23.6 Å². The van der Waals surface area contributed by atoms with Gasteiger partial charge in [0.1, 0.15) is 18.1 Å². The molecule has 1 aromatic carbocycles. The van der Waals surface area contributed by atoms with Crippen LogP contribution in [0.2, 0.25) is 10.0 Å². The lowest BCUT2D eigenvalue weighted by Crippen LogP contribution is -2.36. The maximum Gasteiger partial charge on any atom is 0.294 e. The number of thioether (sulfide) groups is 1. The highest BCUT2D eigenvalue weighted by atomic mass is 35.5. The van der Waals surface area contributed by atoms with Crippen LogP contribution in [0.15, 0.2) is 39.7 Å². The SMILES string of the molecule is NC(=O)CN1C(=O)S/C(=C\c2ccc(-c3cc(Cl)ccc3Cl)o2)C1=O. The minimum absolute atomic E-state index is 0.143. The molecule has 0 spiro atoms. The van der Waals surface area contributed by atoms with Crippen molar-refractivity contribution in [3.63, 3.8) is 0 Å². The van der Waals surface area contributed by atoms with Crippen LogP contribution in [0.5, 0.6) is 0 Å². The Hall–Kier alpha value is -2.22. The van der Waals surface area contributed by atoms with E-state index >= 15 is 0 Å². The molecule has 2 heterocycles. The van der Waals surface area contributed by atoms with Gasteiger partial charge in [0.05, 0.1) is 9.93 Å². The number of nitrogens with two attached hydrogens (primary N) is 1. The van der Waals surface area contributed by atoms with Gasteiger partial charge >= 0.3 is 0 Å². The average molecular weight is 397 g/mol. The van der Waals surface area contributed by atoms with Crippen LogP contribution in [-0.4, -0.2) is 28.5 Å². The van der Waals surface area contributed by atoms with E-state index in [0.717, 1.165) is 4.90 Å². The molecule has 2 aromatic rings. The van der Waals surface area contributed by atoms with E-state index in [4.69, 9.17) is 33.4 Å². The Morgan fingerprint density at radius 3 is 2.72 bits per heavy atom. The number of amides is 3. The molecule has 1 fully saturated rings. The van der Waals surface area contributed by atoms with E-state index in [2.05, 4.69) is 0 Å². The minimum atomic E-state index is -0.764. The van der Waals surface area contributed by atoms with Gasteiger partial charge in [0.25, 0.3) is 11.1 Å². The summed E-state index contributed by atoms with van der Waals surface area (Å²) < 4.78 is 5.66. The summed E-state index contributed by atoms with van der Waals surface area (Å²) in [7, 11) is 0. The van der Waals surface area contributed by atoms with Crippen molar-refractivity contribution in [1.29, 1.82) is 0 Å². The smallest absolute Gasteiger partial charge is 0.294 e. The average Bonchev–Trinajstić information content (AvgIpc) is 3.10. The Balaban J connectivity index is 1.87. The van der Waals surface area contributed by atoms with Crippen LogP contribution < -0.4 is 5.73 Å². The Bertz CT molecular complexity index is 923. The van der Waals surface area contributed by atoms with E-state index in [1.165, 1.54) is 6.08 Å². The number of hydrogen-bond donors (Lipinski definition) is 1. The number of nitrogens with zero attached hydrogens (tertiary/aromatic N) is 1. The van der Waals surface area contributed by atoms with Crippen molar-refractivity contribution in [2.75, 3.05) is 6.54 Å². The van der Waals surface area contributed by atoms with Gasteiger partial charge in [-0.3, -0.25) is 19.3 Å². The van der Waals surface area contributed by atoms with E-state index in [1.807, 2.05) is 0 Å². The molecule has 0 bridgehead atoms. The molecule has 1 aromatic heterocycles. The molecule has 0 unspecified atom stereocenters. The second-order valence-electron chi connectivity index (χ2n) is 5.06. The van der Waals surface area contributed by atoms with E-state index in [-0.39, 0.29) is 4.91 Å². The highest BCUT2D eigenvalue weighted by molar-refractivity contribution is 8.18. The van der Waals surface area contributed by atoms with E-state index in [1.54, 1.807) is 30.3 Å². The molecule has 0 radical (unpaired) electrons. The molecule has 0 saturated carbocycles. The third-order valence-corrected chi connectivity index (χ3v) is 4.75. The zero-order valence-corrected chi connectivity index (χ0v) is 14.8. The van der Waals surface area contributed by atoms with E-state index in [0.29, 0.717) is 38.9 Å². The summed E-state index contributed by atoms with van der Waals surface area (Å²) in [6.45, 7) is -0.455. The van der Waals surface area contributed by atoms with E-state index in [9.17, 15) is 14.4 Å². The fourth-order valence-corrected chi connectivity index (χ4v) is 3.38. The maximum absolute atomic E-state index is 12.2. The van der Waals surface area contributed by atoms with Gasteiger partial charge in [-0.25, -0.2) is 0 Å². The molecule has 9 heteroatoms. The van der Waals surface area contributed by atoms with Gasteiger partial charge in [0.2, 0.25) is 5.91 Å². The van der Waals surface area contributed by atoms with Crippen molar-refractivity contribution in [2.24, 2.45) is 5.73 Å². The summed E-state index contributed by atoms with van der Waals surface area (Å²) in [5.74, 6) is -0.530. The molecule has 1 saturated heterocycles. The highest BCUT2D eigenvalue weighted by Crippen LogP contribution is 2.35. The monoisotopic (exact) mass is 396 g/mol. The van der Waals surface area contributed by atoms with Gasteiger partial charge in [-0.1, -0.05) is 23.2 Å². The van der Waals surface area contributed by atoms with Crippen LogP contribution in [0.1, 0.15) is 5.76 Å². The van der Waals surface area contributed by atoms with Crippen molar-refractivity contribution < 1.29 is 18.8 Å². The molecule has 0 aliphatic carbocycles. The first kappa shape index (κ1) is 17.6. The zero-order valence-electron chi connectivity index (χ0n) is 12.5. The second-order valence-corrected chi connectivity index (χ2v) is 6.90. The van der Waals surface area contributed by atoms with Gasteiger partial charge in [-0.05, 0) is 42.1 Å². The lowest BCUT2D eigenvalue weighted by molar-refractivity contribution is -0.127. The third-order valence-electron chi connectivity index (χ3n) is 3.28. The fourth-order valence-electron chi connectivity index (χ4n) is 2.18. The van der Waals surface area contributed by atoms with Crippen LogP contribution in [0.3, 0.4) is 0 Å². The number of benzene rings is 1. The third kappa shape index (κ3) is 3.73. The van der Waals surface area contributed by atoms with Crippen LogP contribution in [0.25, 0.3) is 17.4 Å². The topological polar surface area (TPSA) is 93.6 Å². The predicted molar refractivity (Wildman–Crippen MR) is 96.0 cm³/mol. The molecule has 1 aliphatic rings. The minimum Gasteiger partial charge on any atom is -0.457 e. The van der Waals surface area contributed by atoms with Crippen LogP contribution in [0.4, 0.5) is 4.79 Å². The molecule has 3 amide bonds. The summed E-state index contributed by atoms with van der Waals surface area (Å²) in [5, 5.41) is 0.414. The number of hydrogen-bond acceptors (Lipinski definition) is 5. The number of furan rings is 1. The first-order chi connectivity index (χ1) is 11.8. The van der Waals surface area contributed by atoms with Crippen molar-refractivity contribution >= 4 is 58.1 Å². The molecular weight excluding hydrogens is 387 g/mol. The predicted octanol–water partition coefficient (Wildman–Crippen LogP) is 3.78. The molecule has 128 valence electrons. The zero-order chi connectivity index (χ0) is 18.1. The number of carbonyl (C=O) groups excluding carboxylic acids is 3. The van der Waals surface area contributed by atoms with Gasteiger partial charge in [0.15, 0.2) is 0 Å². The molecule has 3 rings (SSSR count). The summed E-state index contributed by atoms with van der Waals surface area (Å²) in [4.78, 5) is 35.8. The van der Waals surface area contributed by atoms with Crippen molar-refractivity contribution in [3.05, 3.63) is 51.0 Å². The standard InChI is InChI=1S/C16H10Cl2N2O4S/c17-8-1-3-11(18)10(5-8)12-4-2-9(24-12)6-13-15(22)20(7-14(19)21)16(23)25-13/h1-6H,7H2,(H2,19,21)/b13-6-. The van der Waals surface area contributed by atoms with Gasteiger partial charge < -0.3 is 10.2 Å². The molecular formula is C16H10Cl2N2O4S. The van der Waals surface area contributed by atoms with Crippen molar-refractivity contribution in [2.45, 2.75) is 0 Å². The van der Waals surface area contributed by atoms with Gasteiger partial charge in [-0.15, -0.1) is 0 Å². The summed E-state index contributed by atoms with van der Waals surface area (Å²) >= 11 is 12.8. The molecule has 2 N–H and O–H groups in total. The quantitative estimate of drug-likeness (QED) is 0.793. The Morgan fingerprint density at radius 2 is 2.00 bits per heavy atom. The molecule has 0 atom stereocenters. The summed E-state index contributed by atoms with van der Waals surface area (Å²) in [5.41, 5.74) is 5.64. The fraction of sp³-hybridized carbons (Fsp3) is 0.0625. The normalized spacial score (nSPS) is 16.1. The summed E-state index contributed by atoms with van der Waals surface area (Å²) in [6.07, 6.45) is 1.42. The Labute approximate surface area is 156 Å². The van der Waals surface area contributed by atoms with Gasteiger partial charge in [0, 0.05) is 16.7 Å². The summed E-state index contributed by atoms with van der Waals surface area (Å²) in [6, 6.07) is 8.28. The first-order valence-corrected chi connectivity index (χ1v) is 8.51. The first-order valence-electron chi connectivity index (χ1n) is 6.94. The number of primary amides is 1. The second kappa shape index (κ2) is 6.95. The number of rotatable bonds is 4. The largest absolute Gasteiger partial charge is 0.457 e. The number of carbonyl (C=O) groups is 3. The van der Waals surface area contributed by atoms with Gasteiger partial charge in [-0.2, -0.15) is 0 Å². The molecule has 1 aliphatic heterocycles. The Morgan fingerprint density at radius 1 is 1.24 bits per heavy atom. The van der Waals surface area contributed by atoms with Crippen LogP contribution >= 0.6 is 35.0 Å². The maximum atomic E-state index is 12.2. The van der Waals surface area contributed by atoms with Crippen molar-refractivity contribution in [3.8, 4) is 11.3 Å². The molecule has 6 nitrogen and oxygen atoms in total. The van der Waals surface area contributed by atoms with Crippen LogP contribution in [-0.2, 0) is 9.59 Å². The number of halogens is 2.